The van der Waals surface area contributed by atoms with Gasteiger partial charge in [0.1, 0.15) is 11.6 Å². The van der Waals surface area contributed by atoms with E-state index in [2.05, 4.69) is 26.8 Å². The maximum atomic E-state index is 14.0. The molecule has 1 aromatic rings. The van der Waals surface area contributed by atoms with Crippen molar-refractivity contribution in [3.8, 4) is 0 Å². The van der Waals surface area contributed by atoms with Gasteiger partial charge in [-0.15, -0.1) is 0 Å². The van der Waals surface area contributed by atoms with Crippen LogP contribution in [0.25, 0.3) is 0 Å². The highest BCUT2D eigenvalue weighted by molar-refractivity contribution is 5.79. The third kappa shape index (κ3) is 2.39. The van der Waals surface area contributed by atoms with E-state index in [1.165, 1.54) is 44.1 Å². The lowest BCUT2D eigenvalue weighted by molar-refractivity contribution is -0.140. The third-order valence-corrected chi connectivity index (χ3v) is 10.5. The minimum atomic E-state index is -0.0978. The van der Waals surface area contributed by atoms with Crippen LogP contribution in [-0.4, -0.2) is 5.78 Å². The van der Waals surface area contributed by atoms with Crippen molar-refractivity contribution >= 4 is 5.78 Å². The molecule has 0 aliphatic heterocycles. The number of carbonyl (C=O) groups excluding carboxylic acids is 1. The molecule has 1 nitrogen and oxygen atoms in total. The van der Waals surface area contributed by atoms with E-state index < -0.39 is 0 Å². The number of hydrogen-bond acceptors (Lipinski definition) is 1. The second-order valence-electron chi connectivity index (χ2n) is 11.2. The van der Waals surface area contributed by atoms with Crippen LogP contribution in [0.4, 0.5) is 4.39 Å². The number of halogens is 1. The van der Waals surface area contributed by atoms with Gasteiger partial charge < -0.3 is 0 Å². The van der Waals surface area contributed by atoms with Gasteiger partial charge in [-0.1, -0.05) is 32.9 Å². The van der Waals surface area contributed by atoms with Gasteiger partial charge in [-0.25, -0.2) is 4.39 Å². The number of ketones is 1. The van der Waals surface area contributed by atoms with Gasteiger partial charge in [0.05, 0.1) is 0 Å². The van der Waals surface area contributed by atoms with Crippen molar-refractivity contribution in [3.05, 3.63) is 35.6 Å². The fourth-order valence-corrected chi connectivity index (χ4v) is 8.62. The summed E-state index contributed by atoms with van der Waals surface area (Å²) >= 11 is 0. The van der Waals surface area contributed by atoms with E-state index in [-0.39, 0.29) is 16.6 Å². The zero-order valence-corrected chi connectivity index (χ0v) is 17.8. The van der Waals surface area contributed by atoms with Crippen molar-refractivity contribution in [1.29, 1.82) is 0 Å². The van der Waals surface area contributed by atoms with E-state index in [4.69, 9.17) is 0 Å². The predicted molar refractivity (Wildman–Crippen MR) is 110 cm³/mol. The van der Waals surface area contributed by atoms with Gasteiger partial charge in [0.15, 0.2) is 0 Å². The number of benzene rings is 1. The smallest absolute Gasteiger partial charge is 0.133 e. The summed E-state index contributed by atoms with van der Waals surface area (Å²) in [6, 6.07) is 7.42. The van der Waals surface area contributed by atoms with E-state index in [0.717, 1.165) is 37.0 Å². The normalized spacial score (nSPS) is 47.9. The summed E-state index contributed by atoms with van der Waals surface area (Å²) in [5.74, 6) is 3.35. The SMILES string of the molecule is C[C@]12CCC(=O)CC1CCC1[C@@H]2CC[C@@]2(C)[C@H]1CC[C@]2(C)c1cccc(F)c1. The maximum Gasteiger partial charge on any atom is 0.133 e. The Morgan fingerprint density at radius 3 is 2.54 bits per heavy atom. The second-order valence-corrected chi connectivity index (χ2v) is 11.2. The lowest BCUT2D eigenvalue weighted by Crippen LogP contribution is -2.55. The lowest BCUT2D eigenvalue weighted by atomic mass is 9.43. The quantitative estimate of drug-likeness (QED) is 0.528. The molecule has 2 heteroatoms. The van der Waals surface area contributed by atoms with Gasteiger partial charge in [0.2, 0.25) is 0 Å². The minimum absolute atomic E-state index is 0.0744. The van der Waals surface area contributed by atoms with Crippen LogP contribution in [0, 0.1) is 40.3 Å². The molecule has 5 rings (SSSR count). The molecule has 4 aliphatic rings. The van der Waals surface area contributed by atoms with Crippen molar-refractivity contribution < 1.29 is 9.18 Å². The molecule has 152 valence electrons. The number of Topliss-reactive ketones (excluding diaryl/α,β-unsaturated/α-hetero) is 1. The highest BCUT2D eigenvalue weighted by Crippen LogP contribution is 2.70. The first-order chi connectivity index (χ1) is 13.3. The summed E-state index contributed by atoms with van der Waals surface area (Å²) in [7, 11) is 0. The Morgan fingerprint density at radius 1 is 0.964 bits per heavy atom. The molecule has 0 saturated heterocycles. The number of carbonyl (C=O) groups is 1. The summed E-state index contributed by atoms with van der Waals surface area (Å²) in [4.78, 5) is 12.1. The van der Waals surface area contributed by atoms with Gasteiger partial charge in [-0.05, 0) is 103 Å². The van der Waals surface area contributed by atoms with E-state index in [1.54, 1.807) is 12.1 Å². The van der Waals surface area contributed by atoms with Crippen molar-refractivity contribution in [2.75, 3.05) is 0 Å². The molecule has 4 aliphatic carbocycles. The van der Waals surface area contributed by atoms with Gasteiger partial charge >= 0.3 is 0 Å². The number of hydrogen-bond donors (Lipinski definition) is 0. The molecule has 2 unspecified atom stereocenters. The highest BCUT2D eigenvalue weighted by Gasteiger charge is 2.63. The van der Waals surface area contributed by atoms with Crippen LogP contribution >= 0.6 is 0 Å². The van der Waals surface area contributed by atoms with Crippen LogP contribution in [0.1, 0.15) is 84.1 Å². The molecule has 0 N–H and O–H groups in total. The van der Waals surface area contributed by atoms with Gasteiger partial charge in [0, 0.05) is 12.8 Å². The molecule has 0 heterocycles. The summed E-state index contributed by atoms with van der Waals surface area (Å²) in [5, 5.41) is 0. The molecule has 7 atom stereocenters. The molecule has 1 aromatic carbocycles. The average molecular weight is 383 g/mol. The van der Waals surface area contributed by atoms with Crippen LogP contribution < -0.4 is 0 Å². The first-order valence-corrected chi connectivity index (χ1v) is 11.6. The highest BCUT2D eigenvalue weighted by atomic mass is 19.1. The molecule has 0 spiro atoms. The van der Waals surface area contributed by atoms with E-state index in [0.29, 0.717) is 17.1 Å². The van der Waals surface area contributed by atoms with E-state index >= 15 is 0 Å². The molecule has 4 saturated carbocycles. The van der Waals surface area contributed by atoms with Gasteiger partial charge in [-0.3, -0.25) is 4.79 Å². The molecule has 0 aromatic heterocycles. The number of rotatable bonds is 1. The minimum Gasteiger partial charge on any atom is -0.300 e. The Bertz CT molecular complexity index is 801. The Labute approximate surface area is 169 Å². The van der Waals surface area contributed by atoms with Crippen molar-refractivity contribution in [1.82, 2.24) is 0 Å². The fraction of sp³-hybridized carbons (Fsp3) is 0.731. The van der Waals surface area contributed by atoms with Gasteiger partial charge in [-0.2, -0.15) is 0 Å². The zero-order chi connectivity index (χ0) is 19.7. The Morgan fingerprint density at radius 2 is 1.75 bits per heavy atom. The predicted octanol–water partition coefficient (Wildman–Crippen LogP) is 6.70. The van der Waals surface area contributed by atoms with Crippen LogP contribution in [0.3, 0.4) is 0 Å². The summed E-state index contributed by atoms with van der Waals surface area (Å²) in [6.45, 7) is 7.45. The van der Waals surface area contributed by atoms with E-state index in [9.17, 15) is 9.18 Å². The Balaban J connectivity index is 1.48. The Hall–Kier alpha value is -1.18. The standard InChI is InChI=1S/C26H35FO/c1-24-12-9-20(28)16-17(24)7-8-21-22(24)10-14-26(3)23(21)11-13-25(26,2)18-5-4-6-19(27)15-18/h4-6,15,17,21-23H,7-14,16H2,1-3H3/t17?,21?,22-,23-,24-,25+,26-/m0/s1. The molecule has 0 radical (unpaired) electrons. The molecule has 0 amide bonds. The zero-order valence-electron chi connectivity index (χ0n) is 17.8. The third-order valence-electron chi connectivity index (χ3n) is 10.5. The summed E-state index contributed by atoms with van der Waals surface area (Å²) in [6.07, 6.45) is 10.3. The summed E-state index contributed by atoms with van der Waals surface area (Å²) < 4.78 is 14.0. The van der Waals surface area contributed by atoms with Crippen LogP contribution in [0.15, 0.2) is 24.3 Å². The second kappa shape index (κ2) is 6.16. The van der Waals surface area contributed by atoms with Crippen molar-refractivity contribution in [3.63, 3.8) is 0 Å². The summed E-state index contributed by atoms with van der Waals surface area (Å²) in [5.41, 5.74) is 1.91. The lowest BCUT2D eigenvalue weighted by Gasteiger charge is -2.61. The van der Waals surface area contributed by atoms with Crippen molar-refractivity contribution in [2.45, 2.75) is 84.0 Å². The number of fused-ring (bicyclic) bond motifs is 5. The van der Waals surface area contributed by atoms with Crippen LogP contribution in [0.2, 0.25) is 0 Å². The molecule has 4 fully saturated rings. The first kappa shape index (κ1) is 18.8. The molecule has 0 bridgehead atoms. The fourth-order valence-electron chi connectivity index (χ4n) is 8.62. The Kier molecular flexibility index (Phi) is 4.14. The molecular formula is C26H35FO. The topological polar surface area (TPSA) is 17.1 Å². The van der Waals surface area contributed by atoms with Crippen LogP contribution in [0.5, 0.6) is 0 Å². The largest absolute Gasteiger partial charge is 0.300 e. The average Bonchev–Trinajstić information content (AvgIpc) is 2.95. The molecule has 28 heavy (non-hydrogen) atoms. The van der Waals surface area contributed by atoms with Gasteiger partial charge in [0.25, 0.3) is 0 Å². The van der Waals surface area contributed by atoms with E-state index in [1.807, 2.05) is 6.07 Å². The monoisotopic (exact) mass is 382 g/mol. The molecular weight excluding hydrogens is 347 g/mol. The maximum absolute atomic E-state index is 14.0. The first-order valence-electron chi connectivity index (χ1n) is 11.6. The van der Waals surface area contributed by atoms with Crippen molar-refractivity contribution in [2.24, 2.45) is 34.5 Å². The van der Waals surface area contributed by atoms with Crippen LogP contribution in [-0.2, 0) is 10.2 Å².